The average Bonchev–Trinajstić information content (AvgIpc) is 3.02. The molecule has 1 heterocycles. The monoisotopic (exact) mass is 321 g/mol. The van der Waals surface area contributed by atoms with Crippen molar-refractivity contribution in [1.82, 2.24) is 10.1 Å². The lowest BCUT2D eigenvalue weighted by molar-refractivity contribution is 0.384. The SMILES string of the molecule is Cc1ccc(-c2noc(CNc3ccccc3C(C)(C)C)n2)cc1. The summed E-state index contributed by atoms with van der Waals surface area (Å²) in [4.78, 5) is 4.48. The van der Waals surface area contributed by atoms with Crippen LogP contribution in [-0.4, -0.2) is 10.1 Å². The molecule has 0 fully saturated rings. The molecule has 4 heteroatoms. The van der Waals surface area contributed by atoms with Crippen LogP contribution in [0.1, 0.15) is 37.8 Å². The van der Waals surface area contributed by atoms with Gasteiger partial charge in [0.1, 0.15) is 0 Å². The molecular formula is C20H23N3O. The van der Waals surface area contributed by atoms with Crippen LogP contribution in [0.15, 0.2) is 53.1 Å². The second-order valence-corrected chi connectivity index (χ2v) is 7.03. The fourth-order valence-electron chi connectivity index (χ4n) is 2.61. The molecule has 3 aromatic rings. The van der Waals surface area contributed by atoms with E-state index in [9.17, 15) is 0 Å². The third-order valence-corrected chi connectivity index (χ3v) is 3.94. The smallest absolute Gasteiger partial charge is 0.246 e. The van der Waals surface area contributed by atoms with E-state index in [4.69, 9.17) is 4.52 Å². The third-order valence-electron chi connectivity index (χ3n) is 3.94. The molecule has 0 saturated heterocycles. The van der Waals surface area contributed by atoms with Crippen molar-refractivity contribution < 1.29 is 4.52 Å². The number of para-hydroxylation sites is 1. The first-order valence-electron chi connectivity index (χ1n) is 8.16. The quantitative estimate of drug-likeness (QED) is 0.738. The van der Waals surface area contributed by atoms with Crippen LogP contribution >= 0.6 is 0 Å². The van der Waals surface area contributed by atoms with E-state index in [-0.39, 0.29) is 5.41 Å². The zero-order valence-corrected chi connectivity index (χ0v) is 14.6. The van der Waals surface area contributed by atoms with Crippen LogP contribution in [-0.2, 0) is 12.0 Å². The van der Waals surface area contributed by atoms with Crippen molar-refractivity contribution >= 4 is 5.69 Å². The Bertz CT molecular complexity index is 813. The van der Waals surface area contributed by atoms with Crippen LogP contribution in [0.3, 0.4) is 0 Å². The highest BCUT2D eigenvalue weighted by molar-refractivity contribution is 5.55. The number of benzene rings is 2. The molecule has 0 aliphatic rings. The lowest BCUT2D eigenvalue weighted by atomic mass is 9.86. The molecule has 1 aromatic heterocycles. The number of rotatable bonds is 4. The minimum Gasteiger partial charge on any atom is -0.376 e. The minimum absolute atomic E-state index is 0.0749. The van der Waals surface area contributed by atoms with Gasteiger partial charge in [-0.2, -0.15) is 4.98 Å². The number of nitrogens with zero attached hydrogens (tertiary/aromatic N) is 2. The Balaban J connectivity index is 1.74. The summed E-state index contributed by atoms with van der Waals surface area (Å²) in [7, 11) is 0. The Hall–Kier alpha value is -2.62. The Labute approximate surface area is 142 Å². The van der Waals surface area contributed by atoms with Crippen molar-refractivity contribution in [3.8, 4) is 11.4 Å². The second kappa shape index (κ2) is 6.48. The average molecular weight is 321 g/mol. The normalized spacial score (nSPS) is 11.5. The zero-order valence-electron chi connectivity index (χ0n) is 14.6. The lowest BCUT2D eigenvalue weighted by Gasteiger charge is -2.23. The third kappa shape index (κ3) is 3.65. The van der Waals surface area contributed by atoms with Crippen LogP contribution in [0.2, 0.25) is 0 Å². The van der Waals surface area contributed by atoms with E-state index in [1.54, 1.807) is 0 Å². The number of aromatic nitrogens is 2. The number of nitrogens with one attached hydrogen (secondary N) is 1. The summed E-state index contributed by atoms with van der Waals surface area (Å²) in [5.41, 5.74) is 4.61. The largest absolute Gasteiger partial charge is 0.376 e. The Morgan fingerprint density at radius 2 is 1.71 bits per heavy atom. The molecule has 0 bridgehead atoms. The molecule has 0 atom stereocenters. The standard InChI is InChI=1S/C20H23N3O/c1-14-9-11-15(12-10-14)19-22-18(24-23-19)13-21-17-8-6-5-7-16(17)20(2,3)4/h5-12,21H,13H2,1-4H3. The van der Waals surface area contributed by atoms with Crippen LogP contribution in [0, 0.1) is 6.92 Å². The molecule has 3 rings (SSSR count). The fourth-order valence-corrected chi connectivity index (χ4v) is 2.61. The first-order valence-corrected chi connectivity index (χ1v) is 8.16. The molecule has 0 saturated carbocycles. The molecule has 124 valence electrons. The maximum atomic E-state index is 5.37. The van der Waals surface area contributed by atoms with Gasteiger partial charge in [0.2, 0.25) is 11.7 Å². The summed E-state index contributed by atoms with van der Waals surface area (Å²) in [6.07, 6.45) is 0. The maximum absolute atomic E-state index is 5.37. The van der Waals surface area contributed by atoms with Crippen molar-refractivity contribution in [1.29, 1.82) is 0 Å². The van der Waals surface area contributed by atoms with E-state index < -0.39 is 0 Å². The molecule has 4 nitrogen and oxygen atoms in total. The van der Waals surface area contributed by atoms with Gasteiger partial charge in [0.15, 0.2) is 0 Å². The van der Waals surface area contributed by atoms with Gasteiger partial charge < -0.3 is 9.84 Å². The van der Waals surface area contributed by atoms with Gasteiger partial charge in [-0.3, -0.25) is 0 Å². The molecular weight excluding hydrogens is 298 g/mol. The van der Waals surface area contributed by atoms with E-state index in [0.29, 0.717) is 18.3 Å². The van der Waals surface area contributed by atoms with Crippen LogP contribution in [0.5, 0.6) is 0 Å². The summed E-state index contributed by atoms with van der Waals surface area (Å²) in [5, 5.41) is 7.49. The highest BCUT2D eigenvalue weighted by atomic mass is 16.5. The van der Waals surface area contributed by atoms with Crippen LogP contribution < -0.4 is 5.32 Å². The highest BCUT2D eigenvalue weighted by Gasteiger charge is 2.17. The van der Waals surface area contributed by atoms with Gasteiger partial charge in [-0.15, -0.1) is 0 Å². The first kappa shape index (κ1) is 16.2. The van der Waals surface area contributed by atoms with E-state index in [2.05, 4.69) is 61.4 Å². The predicted octanol–water partition coefficient (Wildman–Crippen LogP) is 4.95. The van der Waals surface area contributed by atoms with Gasteiger partial charge in [-0.05, 0) is 24.0 Å². The summed E-state index contributed by atoms with van der Waals surface area (Å²) < 4.78 is 5.37. The molecule has 1 N–H and O–H groups in total. The van der Waals surface area contributed by atoms with Gasteiger partial charge >= 0.3 is 0 Å². The van der Waals surface area contributed by atoms with Crippen molar-refractivity contribution in [2.24, 2.45) is 0 Å². The summed E-state index contributed by atoms with van der Waals surface area (Å²) in [6, 6.07) is 16.4. The highest BCUT2D eigenvalue weighted by Crippen LogP contribution is 2.29. The van der Waals surface area contributed by atoms with Crippen molar-refractivity contribution in [3.63, 3.8) is 0 Å². The molecule has 0 radical (unpaired) electrons. The minimum atomic E-state index is 0.0749. The predicted molar refractivity (Wildman–Crippen MR) is 96.9 cm³/mol. The molecule has 0 unspecified atom stereocenters. The summed E-state index contributed by atoms with van der Waals surface area (Å²) in [5.74, 6) is 1.20. The molecule has 2 aromatic carbocycles. The number of aryl methyl sites for hydroxylation is 1. The number of anilines is 1. The Kier molecular flexibility index (Phi) is 4.38. The van der Waals surface area contributed by atoms with E-state index >= 15 is 0 Å². The fraction of sp³-hybridized carbons (Fsp3) is 0.300. The van der Waals surface area contributed by atoms with E-state index in [1.165, 1.54) is 11.1 Å². The lowest BCUT2D eigenvalue weighted by Crippen LogP contribution is -2.14. The van der Waals surface area contributed by atoms with Crippen molar-refractivity contribution in [2.75, 3.05) is 5.32 Å². The molecule has 0 aliphatic heterocycles. The topological polar surface area (TPSA) is 51.0 Å². The summed E-state index contributed by atoms with van der Waals surface area (Å²) >= 11 is 0. The molecule has 0 spiro atoms. The van der Waals surface area contributed by atoms with Crippen molar-refractivity contribution in [3.05, 3.63) is 65.5 Å². The van der Waals surface area contributed by atoms with Gasteiger partial charge in [0.25, 0.3) is 0 Å². The van der Waals surface area contributed by atoms with Gasteiger partial charge in [-0.1, -0.05) is 74.0 Å². The Morgan fingerprint density at radius 1 is 1.00 bits per heavy atom. The van der Waals surface area contributed by atoms with Crippen LogP contribution in [0.25, 0.3) is 11.4 Å². The Morgan fingerprint density at radius 3 is 2.42 bits per heavy atom. The summed E-state index contributed by atoms with van der Waals surface area (Å²) in [6.45, 7) is 9.18. The molecule has 0 aliphatic carbocycles. The van der Waals surface area contributed by atoms with Gasteiger partial charge in [-0.25, -0.2) is 0 Å². The molecule has 0 amide bonds. The first-order chi connectivity index (χ1) is 11.4. The van der Waals surface area contributed by atoms with Gasteiger partial charge in [0, 0.05) is 11.3 Å². The molecule has 24 heavy (non-hydrogen) atoms. The van der Waals surface area contributed by atoms with Gasteiger partial charge in [0.05, 0.1) is 6.54 Å². The second-order valence-electron chi connectivity index (χ2n) is 7.03. The van der Waals surface area contributed by atoms with Crippen LogP contribution in [0.4, 0.5) is 5.69 Å². The number of hydrogen-bond acceptors (Lipinski definition) is 4. The van der Waals surface area contributed by atoms with Crippen molar-refractivity contribution in [2.45, 2.75) is 39.7 Å². The van der Waals surface area contributed by atoms with E-state index in [0.717, 1.165) is 11.3 Å². The number of hydrogen-bond donors (Lipinski definition) is 1. The zero-order chi connectivity index (χ0) is 17.2. The van der Waals surface area contributed by atoms with E-state index in [1.807, 2.05) is 30.3 Å². The maximum Gasteiger partial charge on any atom is 0.246 e.